The highest BCUT2D eigenvalue weighted by molar-refractivity contribution is 7.92. The molecule has 0 N–H and O–H groups in total. The second-order valence-corrected chi connectivity index (χ2v) is 13.4. The number of anilines is 1. The van der Waals surface area contributed by atoms with Gasteiger partial charge < -0.3 is 9.64 Å². The molecule has 5 nitrogen and oxygen atoms in total. The molecular formula is C27H33ClFNO4S. The van der Waals surface area contributed by atoms with Gasteiger partial charge in [-0.05, 0) is 67.1 Å². The zero-order chi connectivity index (χ0) is 25.4. The van der Waals surface area contributed by atoms with Gasteiger partial charge in [0.2, 0.25) is 5.91 Å². The fraction of sp³-hybridized carbons (Fsp3) is 0.519. The van der Waals surface area contributed by atoms with Crippen molar-refractivity contribution in [3.05, 3.63) is 58.9 Å². The van der Waals surface area contributed by atoms with Gasteiger partial charge in [0.05, 0.1) is 10.6 Å². The Morgan fingerprint density at radius 3 is 2.29 bits per heavy atom. The molecule has 8 heteroatoms. The third-order valence-electron chi connectivity index (χ3n) is 7.05. The molecule has 1 aliphatic heterocycles. The Bertz CT molecular complexity index is 1180. The van der Waals surface area contributed by atoms with Crippen molar-refractivity contribution in [2.75, 3.05) is 24.7 Å². The number of carbonyl (C=O) groups excluding carboxylic acids is 1. The molecule has 1 saturated carbocycles. The summed E-state index contributed by atoms with van der Waals surface area (Å²) in [6, 6.07) is 10.6. The van der Waals surface area contributed by atoms with E-state index in [4.69, 9.17) is 16.3 Å². The Labute approximate surface area is 212 Å². The van der Waals surface area contributed by atoms with Gasteiger partial charge in [0.15, 0.2) is 9.84 Å². The van der Waals surface area contributed by atoms with Gasteiger partial charge in [0.1, 0.15) is 10.6 Å². The van der Waals surface area contributed by atoms with E-state index in [9.17, 15) is 13.2 Å². The van der Waals surface area contributed by atoms with Crippen LogP contribution in [0.4, 0.5) is 10.1 Å². The van der Waals surface area contributed by atoms with E-state index < -0.39 is 25.8 Å². The number of nitrogens with zero attached hydrogens (tertiary/aromatic N) is 1. The average Bonchev–Trinajstić information content (AvgIpc) is 3.64. The smallest absolute Gasteiger partial charge is 0.232 e. The molecule has 0 bridgehead atoms. The van der Waals surface area contributed by atoms with Crippen LogP contribution in [0.15, 0.2) is 47.4 Å². The molecule has 4 rings (SSSR count). The topological polar surface area (TPSA) is 63.7 Å². The van der Waals surface area contributed by atoms with E-state index in [0.717, 1.165) is 19.3 Å². The van der Waals surface area contributed by atoms with Crippen LogP contribution in [0.25, 0.3) is 0 Å². The summed E-state index contributed by atoms with van der Waals surface area (Å²) < 4.78 is 47.7. The van der Waals surface area contributed by atoms with Gasteiger partial charge in [-0.2, -0.15) is 0 Å². The molecular weight excluding hydrogens is 489 g/mol. The second-order valence-electron chi connectivity index (χ2n) is 10.7. The Morgan fingerprint density at radius 2 is 1.74 bits per heavy atom. The minimum Gasteiger partial charge on any atom is -0.381 e. The van der Waals surface area contributed by atoms with Gasteiger partial charge in [0.25, 0.3) is 0 Å². The highest BCUT2D eigenvalue weighted by Gasteiger charge is 2.48. The summed E-state index contributed by atoms with van der Waals surface area (Å²) in [6.45, 7) is 6.42. The van der Waals surface area contributed by atoms with Crippen LogP contribution in [-0.2, 0) is 24.1 Å². The lowest BCUT2D eigenvalue weighted by Crippen LogP contribution is -2.42. The Hall–Kier alpha value is -1.96. The third-order valence-corrected chi connectivity index (χ3v) is 9.87. The van der Waals surface area contributed by atoms with Crippen molar-refractivity contribution < 1.29 is 22.3 Å². The quantitative estimate of drug-likeness (QED) is 0.439. The number of amides is 1. The molecule has 0 aromatic heterocycles. The molecule has 2 aromatic rings. The fourth-order valence-electron chi connectivity index (χ4n) is 4.72. The maximum Gasteiger partial charge on any atom is 0.232 e. The molecule has 0 unspecified atom stereocenters. The van der Waals surface area contributed by atoms with Crippen LogP contribution in [0.2, 0.25) is 5.02 Å². The maximum atomic E-state index is 15.7. The highest BCUT2D eigenvalue weighted by Crippen LogP contribution is 2.45. The average molecular weight is 522 g/mol. The summed E-state index contributed by atoms with van der Waals surface area (Å²) >= 11 is 5.98. The first kappa shape index (κ1) is 26.1. The van der Waals surface area contributed by atoms with Gasteiger partial charge in [-0.15, -0.1) is 0 Å². The number of benzene rings is 2. The maximum absolute atomic E-state index is 15.7. The van der Waals surface area contributed by atoms with Crippen molar-refractivity contribution in [3.63, 3.8) is 0 Å². The molecule has 2 aliphatic rings. The summed E-state index contributed by atoms with van der Waals surface area (Å²) in [5.41, 5.74) is -0.100. The van der Waals surface area contributed by atoms with Crippen LogP contribution < -0.4 is 4.90 Å². The molecule has 1 saturated heterocycles. The number of ether oxygens (including phenoxy) is 1. The molecule has 0 atom stereocenters. The van der Waals surface area contributed by atoms with Crippen molar-refractivity contribution >= 4 is 33.0 Å². The normalized spacial score (nSPS) is 18.3. The fourth-order valence-corrected chi connectivity index (χ4v) is 6.93. The lowest BCUT2D eigenvalue weighted by atomic mass is 9.89. The standard InChI is InChI=1S/C27H33ClFNO4S/c1-26(2,3)25(31)30(15-12-19-4-5-19)24-11-6-20(18-23(24)29)27(13-16-34-17-14-27)35(32,33)22-9-7-21(28)8-10-22/h6-11,18-19H,4-5,12-17H2,1-3H3. The monoisotopic (exact) mass is 521 g/mol. The Balaban J connectivity index is 1.75. The molecule has 2 aromatic carbocycles. The van der Waals surface area contributed by atoms with E-state index >= 15 is 4.39 Å². The molecule has 0 spiro atoms. The summed E-state index contributed by atoms with van der Waals surface area (Å²) in [5, 5.41) is 0.440. The number of sulfone groups is 1. The first-order valence-corrected chi connectivity index (χ1v) is 14.0. The lowest BCUT2D eigenvalue weighted by Gasteiger charge is -2.37. The van der Waals surface area contributed by atoms with E-state index in [-0.39, 0.29) is 42.5 Å². The molecule has 35 heavy (non-hydrogen) atoms. The molecule has 1 heterocycles. The van der Waals surface area contributed by atoms with E-state index in [1.807, 2.05) is 20.8 Å². The summed E-state index contributed by atoms with van der Waals surface area (Å²) in [7, 11) is -3.88. The van der Waals surface area contributed by atoms with Crippen LogP contribution in [0.1, 0.15) is 58.4 Å². The predicted molar refractivity (Wildman–Crippen MR) is 136 cm³/mol. The summed E-state index contributed by atoms with van der Waals surface area (Å²) in [6.07, 6.45) is 3.54. The van der Waals surface area contributed by atoms with Crippen LogP contribution in [0, 0.1) is 17.2 Å². The van der Waals surface area contributed by atoms with Crippen molar-refractivity contribution in [2.24, 2.45) is 11.3 Å². The van der Waals surface area contributed by atoms with Crippen molar-refractivity contribution in [3.8, 4) is 0 Å². The molecule has 0 radical (unpaired) electrons. The van der Waals surface area contributed by atoms with Crippen molar-refractivity contribution in [2.45, 2.75) is 62.5 Å². The van der Waals surface area contributed by atoms with E-state index in [1.54, 1.807) is 24.3 Å². The first-order chi connectivity index (χ1) is 16.5. The van der Waals surface area contributed by atoms with Crippen LogP contribution in [-0.4, -0.2) is 34.1 Å². The van der Waals surface area contributed by atoms with Crippen molar-refractivity contribution in [1.82, 2.24) is 0 Å². The van der Waals surface area contributed by atoms with E-state index in [2.05, 4.69) is 0 Å². The van der Waals surface area contributed by atoms with Gasteiger partial charge >= 0.3 is 0 Å². The Kier molecular flexibility index (Phi) is 7.33. The van der Waals surface area contributed by atoms with Gasteiger partial charge in [-0.25, -0.2) is 12.8 Å². The van der Waals surface area contributed by atoms with Crippen LogP contribution >= 0.6 is 11.6 Å². The largest absolute Gasteiger partial charge is 0.381 e. The van der Waals surface area contributed by atoms with Gasteiger partial charge in [-0.3, -0.25) is 4.79 Å². The van der Waals surface area contributed by atoms with E-state index in [1.165, 1.54) is 23.1 Å². The third kappa shape index (κ3) is 5.27. The Morgan fingerprint density at radius 1 is 1.11 bits per heavy atom. The van der Waals surface area contributed by atoms with Gasteiger partial charge in [-0.1, -0.05) is 51.3 Å². The number of rotatable bonds is 7. The second kappa shape index (κ2) is 9.83. The molecule has 1 aliphatic carbocycles. The predicted octanol–water partition coefficient (Wildman–Crippen LogP) is 6.14. The first-order valence-electron chi connectivity index (χ1n) is 12.2. The SMILES string of the molecule is CC(C)(C)C(=O)N(CCC1CC1)c1ccc(C2(S(=O)(=O)c3ccc(Cl)cc3)CCOCC2)cc1F. The van der Waals surface area contributed by atoms with Crippen LogP contribution in [0.3, 0.4) is 0 Å². The zero-order valence-electron chi connectivity index (χ0n) is 20.5. The minimum atomic E-state index is -3.88. The van der Waals surface area contributed by atoms with Crippen LogP contribution in [0.5, 0.6) is 0 Å². The zero-order valence-corrected chi connectivity index (χ0v) is 22.1. The molecule has 2 fully saturated rings. The molecule has 1 amide bonds. The summed E-state index contributed by atoms with van der Waals surface area (Å²) in [5.74, 6) is -0.157. The number of hydrogen-bond acceptors (Lipinski definition) is 4. The van der Waals surface area contributed by atoms with Gasteiger partial charge in [0, 0.05) is 30.2 Å². The summed E-state index contributed by atoms with van der Waals surface area (Å²) in [4.78, 5) is 14.9. The molecule has 190 valence electrons. The van der Waals surface area contributed by atoms with E-state index in [0.29, 0.717) is 23.0 Å². The van der Waals surface area contributed by atoms with Crippen molar-refractivity contribution in [1.29, 1.82) is 0 Å². The number of carbonyl (C=O) groups is 1. The number of halogens is 2. The highest BCUT2D eigenvalue weighted by atomic mass is 35.5. The minimum absolute atomic E-state index is 0.141. The number of hydrogen-bond donors (Lipinski definition) is 0. The lowest BCUT2D eigenvalue weighted by molar-refractivity contribution is -0.125.